The van der Waals surface area contributed by atoms with Crippen LogP contribution in [0.5, 0.6) is 0 Å². The number of alkyl halides is 6. The molecule has 0 aliphatic heterocycles. The average molecular weight is 428 g/mol. The van der Waals surface area contributed by atoms with Crippen LogP contribution >= 0.6 is 31.9 Å². The van der Waals surface area contributed by atoms with Crippen LogP contribution in [0.4, 0.5) is 26.3 Å². The molecule has 0 aliphatic carbocycles. The van der Waals surface area contributed by atoms with E-state index in [1.165, 1.54) is 6.07 Å². The summed E-state index contributed by atoms with van der Waals surface area (Å²) >= 11 is 5.77. The lowest BCUT2D eigenvalue weighted by Crippen LogP contribution is -2.42. The minimum Gasteiger partial charge on any atom is -0.293 e. The summed E-state index contributed by atoms with van der Waals surface area (Å²) in [6.07, 6.45) is -11.4. The molecular weight excluding hydrogens is 422 g/mol. The molecule has 0 radical (unpaired) electrons. The molecule has 1 rings (SSSR count). The zero-order valence-corrected chi connectivity index (χ0v) is 12.8. The van der Waals surface area contributed by atoms with Crippen LogP contribution in [0.2, 0.25) is 0 Å². The molecule has 112 valence electrons. The van der Waals surface area contributed by atoms with Gasteiger partial charge in [-0.05, 0) is 24.6 Å². The van der Waals surface area contributed by atoms with E-state index in [0.29, 0.717) is 5.56 Å². The van der Waals surface area contributed by atoms with Crippen LogP contribution in [-0.4, -0.2) is 18.1 Å². The van der Waals surface area contributed by atoms with Crippen molar-refractivity contribution in [2.45, 2.75) is 19.3 Å². The molecule has 20 heavy (non-hydrogen) atoms. The van der Waals surface area contributed by atoms with Crippen molar-refractivity contribution in [2.24, 2.45) is 5.92 Å². The first-order valence-electron chi connectivity index (χ1n) is 4.99. The van der Waals surface area contributed by atoms with Gasteiger partial charge in [0, 0.05) is 14.5 Å². The van der Waals surface area contributed by atoms with Crippen molar-refractivity contribution >= 4 is 37.6 Å². The normalized spacial score (nSPS) is 12.9. The highest BCUT2D eigenvalue weighted by Crippen LogP contribution is 2.42. The van der Waals surface area contributed by atoms with Gasteiger partial charge in [-0.1, -0.05) is 31.9 Å². The van der Waals surface area contributed by atoms with Crippen LogP contribution in [-0.2, 0) is 0 Å². The van der Waals surface area contributed by atoms with E-state index in [2.05, 4.69) is 31.9 Å². The summed E-state index contributed by atoms with van der Waals surface area (Å²) in [6, 6.07) is 2.20. The fourth-order valence-electron chi connectivity index (χ4n) is 1.47. The molecule has 0 saturated carbocycles. The fourth-order valence-corrected chi connectivity index (χ4v) is 2.47. The number of halogens is 8. The van der Waals surface area contributed by atoms with Gasteiger partial charge in [0.15, 0.2) is 5.78 Å². The van der Waals surface area contributed by atoms with Gasteiger partial charge in [-0.25, -0.2) is 0 Å². The third-order valence-electron chi connectivity index (χ3n) is 2.43. The summed E-state index contributed by atoms with van der Waals surface area (Å²) in [4.78, 5) is 11.6. The van der Waals surface area contributed by atoms with Crippen molar-refractivity contribution in [3.8, 4) is 0 Å². The fraction of sp³-hybridized carbons (Fsp3) is 0.364. The SMILES string of the molecule is Cc1cc(Br)c(C(=O)C(C(F)(F)F)C(F)(F)F)cc1Br. The van der Waals surface area contributed by atoms with Crippen LogP contribution in [0, 0.1) is 12.8 Å². The zero-order valence-electron chi connectivity index (χ0n) is 9.66. The molecule has 0 aliphatic rings. The number of hydrogen-bond donors (Lipinski definition) is 0. The molecule has 0 atom stereocenters. The van der Waals surface area contributed by atoms with Gasteiger partial charge in [-0.2, -0.15) is 26.3 Å². The van der Waals surface area contributed by atoms with Crippen molar-refractivity contribution in [3.63, 3.8) is 0 Å². The lowest BCUT2D eigenvalue weighted by atomic mass is 9.96. The molecule has 0 unspecified atom stereocenters. The van der Waals surface area contributed by atoms with Crippen molar-refractivity contribution < 1.29 is 31.1 Å². The second-order valence-electron chi connectivity index (χ2n) is 3.96. The molecule has 0 amide bonds. The van der Waals surface area contributed by atoms with Gasteiger partial charge in [-0.3, -0.25) is 4.79 Å². The number of hydrogen-bond acceptors (Lipinski definition) is 1. The van der Waals surface area contributed by atoms with Crippen molar-refractivity contribution in [3.05, 3.63) is 32.2 Å². The van der Waals surface area contributed by atoms with Crippen LogP contribution in [0.25, 0.3) is 0 Å². The number of benzene rings is 1. The quantitative estimate of drug-likeness (QED) is 0.453. The van der Waals surface area contributed by atoms with E-state index in [0.717, 1.165) is 6.07 Å². The summed E-state index contributed by atoms with van der Waals surface area (Å²) in [5, 5.41) is 0. The Bertz CT molecular complexity index is 521. The summed E-state index contributed by atoms with van der Waals surface area (Å²) < 4.78 is 75.1. The molecule has 0 N–H and O–H groups in total. The molecule has 0 fully saturated rings. The standard InChI is InChI=1S/C11H6Br2F6O/c1-4-2-7(13)5(3-6(4)12)8(20)9(10(14,15)16)11(17,18)19/h2-3,9H,1H3. The molecule has 0 aromatic heterocycles. The summed E-state index contributed by atoms with van der Waals surface area (Å²) in [6.45, 7) is 1.58. The van der Waals surface area contributed by atoms with E-state index < -0.39 is 29.6 Å². The molecule has 0 heterocycles. The van der Waals surface area contributed by atoms with E-state index in [9.17, 15) is 31.1 Å². The van der Waals surface area contributed by atoms with Gasteiger partial charge in [0.05, 0.1) is 0 Å². The molecule has 9 heteroatoms. The first-order chi connectivity index (χ1) is 8.85. The summed E-state index contributed by atoms with van der Waals surface area (Å²) in [5.41, 5.74) is -0.119. The molecule has 0 saturated heterocycles. The predicted octanol–water partition coefficient (Wildman–Crippen LogP) is 5.44. The molecule has 0 spiro atoms. The van der Waals surface area contributed by atoms with Gasteiger partial charge < -0.3 is 0 Å². The lowest BCUT2D eigenvalue weighted by molar-refractivity contribution is -0.264. The maximum atomic E-state index is 12.5. The van der Waals surface area contributed by atoms with Crippen LogP contribution in [0.1, 0.15) is 15.9 Å². The third kappa shape index (κ3) is 3.75. The lowest BCUT2D eigenvalue weighted by Gasteiger charge is -2.22. The Morgan fingerprint density at radius 3 is 1.85 bits per heavy atom. The summed E-state index contributed by atoms with van der Waals surface area (Å²) in [5.74, 6) is -6.08. The first kappa shape index (κ1) is 17.5. The smallest absolute Gasteiger partial charge is 0.293 e. The molecule has 0 bridgehead atoms. The molecule has 1 aromatic carbocycles. The van der Waals surface area contributed by atoms with Crippen molar-refractivity contribution in [1.29, 1.82) is 0 Å². The van der Waals surface area contributed by atoms with Crippen molar-refractivity contribution in [1.82, 2.24) is 0 Å². The number of Topliss-reactive ketones (excluding diaryl/α,β-unsaturated/α-hetero) is 1. The van der Waals surface area contributed by atoms with Gasteiger partial charge in [0.1, 0.15) is 0 Å². The Labute approximate surface area is 126 Å². The minimum atomic E-state index is -5.70. The van der Waals surface area contributed by atoms with Crippen molar-refractivity contribution in [2.75, 3.05) is 0 Å². The zero-order chi connectivity index (χ0) is 15.9. The van der Waals surface area contributed by atoms with E-state index in [1.807, 2.05) is 0 Å². The number of carbonyl (C=O) groups is 1. The second-order valence-corrected chi connectivity index (χ2v) is 5.67. The monoisotopic (exact) mass is 426 g/mol. The van der Waals surface area contributed by atoms with E-state index in [-0.39, 0.29) is 8.95 Å². The number of ketones is 1. The Morgan fingerprint density at radius 2 is 1.45 bits per heavy atom. The Kier molecular flexibility index (Phi) is 4.95. The highest BCUT2D eigenvalue weighted by molar-refractivity contribution is 9.11. The highest BCUT2D eigenvalue weighted by atomic mass is 79.9. The van der Waals surface area contributed by atoms with E-state index in [1.54, 1.807) is 6.92 Å². The summed E-state index contributed by atoms with van der Waals surface area (Å²) in [7, 11) is 0. The average Bonchev–Trinajstić information content (AvgIpc) is 2.18. The van der Waals surface area contributed by atoms with Gasteiger partial charge in [0.2, 0.25) is 5.92 Å². The van der Waals surface area contributed by atoms with Gasteiger partial charge >= 0.3 is 12.4 Å². The minimum absolute atomic E-state index is 0.123. The van der Waals surface area contributed by atoms with Crippen LogP contribution < -0.4 is 0 Å². The molecule has 1 nitrogen and oxygen atoms in total. The Hall–Kier alpha value is -0.570. The largest absolute Gasteiger partial charge is 0.407 e. The number of rotatable bonds is 2. The van der Waals surface area contributed by atoms with Crippen LogP contribution in [0.3, 0.4) is 0 Å². The Morgan fingerprint density at radius 1 is 1.00 bits per heavy atom. The van der Waals surface area contributed by atoms with Gasteiger partial charge in [0.25, 0.3) is 0 Å². The predicted molar refractivity (Wildman–Crippen MR) is 66.5 cm³/mol. The number of aryl methyl sites for hydroxylation is 1. The van der Waals surface area contributed by atoms with Crippen LogP contribution in [0.15, 0.2) is 21.1 Å². The topological polar surface area (TPSA) is 17.1 Å². The highest BCUT2D eigenvalue weighted by Gasteiger charge is 2.61. The maximum Gasteiger partial charge on any atom is 0.407 e. The van der Waals surface area contributed by atoms with E-state index in [4.69, 9.17) is 0 Å². The second kappa shape index (κ2) is 5.67. The number of carbonyl (C=O) groups excluding carboxylic acids is 1. The molecule has 1 aromatic rings. The van der Waals surface area contributed by atoms with Gasteiger partial charge in [-0.15, -0.1) is 0 Å². The Balaban J connectivity index is 3.38. The first-order valence-corrected chi connectivity index (χ1v) is 6.57. The molecular formula is C11H6Br2F6O. The van der Waals surface area contributed by atoms with E-state index >= 15 is 0 Å². The third-order valence-corrected chi connectivity index (χ3v) is 3.94. The maximum absolute atomic E-state index is 12.5.